The topological polar surface area (TPSA) is 50.7 Å². The largest absolute Gasteiger partial charge is 0.508 e. The van der Waals surface area contributed by atoms with Gasteiger partial charge >= 0.3 is 0 Å². The van der Waals surface area contributed by atoms with Crippen LogP contribution in [0.3, 0.4) is 0 Å². The summed E-state index contributed by atoms with van der Waals surface area (Å²) in [6, 6.07) is 13.2. The van der Waals surface area contributed by atoms with Crippen molar-refractivity contribution in [2.24, 2.45) is 5.92 Å². The molecule has 0 saturated carbocycles. The number of nitrogens with one attached hydrogen (secondary N) is 1. The summed E-state index contributed by atoms with van der Waals surface area (Å²) in [6.07, 6.45) is -0.0688. The molecule has 0 unspecified atom stereocenters. The second kappa shape index (κ2) is 6.28. The number of ether oxygens (including phenoxy) is 2. The second-order valence-corrected chi connectivity index (χ2v) is 5.65. The van der Waals surface area contributed by atoms with Crippen molar-refractivity contribution in [3.8, 4) is 17.2 Å². The van der Waals surface area contributed by atoms with Crippen LogP contribution in [0.1, 0.15) is 17.2 Å². The SMILES string of the molecule is CNC[C@@H]1COc2ccccc2[C@@H]1Oc1ccc(O)cc1C. The van der Waals surface area contributed by atoms with Crippen LogP contribution in [-0.4, -0.2) is 25.3 Å². The summed E-state index contributed by atoms with van der Waals surface area (Å²) in [5.41, 5.74) is 1.99. The molecule has 0 aliphatic carbocycles. The molecule has 2 aromatic carbocycles. The Morgan fingerprint density at radius 2 is 2.09 bits per heavy atom. The van der Waals surface area contributed by atoms with Crippen LogP contribution < -0.4 is 14.8 Å². The summed E-state index contributed by atoms with van der Waals surface area (Å²) in [5, 5.41) is 12.8. The minimum absolute atomic E-state index is 0.0688. The van der Waals surface area contributed by atoms with E-state index in [-0.39, 0.29) is 17.8 Å². The van der Waals surface area contributed by atoms with Crippen LogP contribution in [-0.2, 0) is 0 Å². The Morgan fingerprint density at radius 3 is 2.86 bits per heavy atom. The molecule has 22 heavy (non-hydrogen) atoms. The predicted molar refractivity (Wildman–Crippen MR) is 85.6 cm³/mol. The fourth-order valence-corrected chi connectivity index (χ4v) is 2.88. The maximum absolute atomic E-state index is 9.55. The van der Waals surface area contributed by atoms with E-state index in [1.165, 1.54) is 0 Å². The van der Waals surface area contributed by atoms with E-state index in [4.69, 9.17) is 9.47 Å². The summed E-state index contributed by atoms with van der Waals surface area (Å²) in [4.78, 5) is 0. The van der Waals surface area contributed by atoms with Gasteiger partial charge in [0.1, 0.15) is 23.4 Å². The molecule has 3 rings (SSSR count). The van der Waals surface area contributed by atoms with Crippen molar-refractivity contribution in [1.82, 2.24) is 5.32 Å². The van der Waals surface area contributed by atoms with E-state index < -0.39 is 0 Å². The normalized spacial score (nSPS) is 20.1. The van der Waals surface area contributed by atoms with Gasteiger partial charge in [0.05, 0.1) is 6.61 Å². The van der Waals surface area contributed by atoms with Gasteiger partial charge in [-0.25, -0.2) is 0 Å². The summed E-state index contributed by atoms with van der Waals surface area (Å²) in [6.45, 7) is 3.38. The molecule has 1 aliphatic rings. The quantitative estimate of drug-likeness (QED) is 0.911. The first-order valence-corrected chi connectivity index (χ1v) is 7.51. The molecule has 0 aromatic heterocycles. The van der Waals surface area contributed by atoms with Gasteiger partial charge in [-0.3, -0.25) is 0 Å². The first kappa shape index (κ1) is 14.7. The molecule has 1 aliphatic heterocycles. The fraction of sp³-hybridized carbons (Fsp3) is 0.333. The molecule has 2 atom stereocenters. The van der Waals surface area contributed by atoms with Crippen LogP contribution in [0.15, 0.2) is 42.5 Å². The highest BCUT2D eigenvalue weighted by Crippen LogP contribution is 2.39. The number of fused-ring (bicyclic) bond motifs is 1. The third-order valence-electron chi connectivity index (χ3n) is 3.99. The number of hydrogen-bond donors (Lipinski definition) is 2. The Balaban J connectivity index is 1.93. The molecular weight excluding hydrogens is 278 g/mol. The van der Waals surface area contributed by atoms with Crippen molar-refractivity contribution in [3.05, 3.63) is 53.6 Å². The zero-order valence-corrected chi connectivity index (χ0v) is 12.9. The lowest BCUT2D eigenvalue weighted by Gasteiger charge is -2.34. The lowest BCUT2D eigenvalue weighted by atomic mass is 9.93. The van der Waals surface area contributed by atoms with Crippen LogP contribution in [0.2, 0.25) is 0 Å². The number of phenols is 1. The van der Waals surface area contributed by atoms with Gasteiger partial charge in [-0.05, 0) is 43.8 Å². The van der Waals surface area contributed by atoms with Gasteiger partial charge < -0.3 is 19.9 Å². The summed E-state index contributed by atoms with van der Waals surface area (Å²) in [7, 11) is 1.93. The van der Waals surface area contributed by atoms with Gasteiger partial charge in [0.15, 0.2) is 0 Å². The molecule has 2 aromatic rings. The van der Waals surface area contributed by atoms with Gasteiger partial charge in [0.2, 0.25) is 0 Å². The molecule has 0 spiro atoms. The lowest BCUT2D eigenvalue weighted by molar-refractivity contribution is 0.0698. The van der Waals surface area contributed by atoms with E-state index in [2.05, 4.69) is 11.4 Å². The third kappa shape index (κ3) is 2.88. The molecule has 2 N–H and O–H groups in total. The van der Waals surface area contributed by atoms with Crippen molar-refractivity contribution in [2.45, 2.75) is 13.0 Å². The Morgan fingerprint density at radius 1 is 1.27 bits per heavy atom. The van der Waals surface area contributed by atoms with Crippen molar-refractivity contribution in [2.75, 3.05) is 20.2 Å². The minimum atomic E-state index is -0.0688. The Kier molecular flexibility index (Phi) is 4.20. The third-order valence-corrected chi connectivity index (χ3v) is 3.99. The molecule has 116 valence electrons. The number of para-hydroxylation sites is 1. The maximum Gasteiger partial charge on any atom is 0.135 e. The molecular formula is C18H21NO3. The van der Waals surface area contributed by atoms with Crippen LogP contribution in [0, 0.1) is 12.8 Å². The molecule has 1 heterocycles. The smallest absolute Gasteiger partial charge is 0.135 e. The molecule has 0 radical (unpaired) electrons. The van der Waals surface area contributed by atoms with Crippen molar-refractivity contribution in [1.29, 1.82) is 0 Å². The molecule has 0 amide bonds. The fourth-order valence-electron chi connectivity index (χ4n) is 2.88. The standard InChI is InChI=1S/C18H21NO3/c1-12-9-14(20)7-8-16(12)22-18-13(10-19-2)11-21-17-6-4-3-5-15(17)18/h3-9,13,18-20H,10-11H2,1-2H3/t13-,18-/m1/s1. The number of hydrogen-bond acceptors (Lipinski definition) is 4. The molecule has 0 bridgehead atoms. The molecule has 0 fully saturated rings. The highest BCUT2D eigenvalue weighted by atomic mass is 16.5. The number of aromatic hydroxyl groups is 1. The first-order valence-electron chi connectivity index (χ1n) is 7.51. The minimum Gasteiger partial charge on any atom is -0.508 e. The number of benzene rings is 2. The average molecular weight is 299 g/mol. The average Bonchev–Trinajstić information content (AvgIpc) is 2.52. The zero-order chi connectivity index (χ0) is 15.5. The van der Waals surface area contributed by atoms with Gasteiger partial charge in [-0.15, -0.1) is 0 Å². The number of aryl methyl sites for hydroxylation is 1. The Hall–Kier alpha value is -2.20. The van der Waals surface area contributed by atoms with Crippen LogP contribution in [0.4, 0.5) is 0 Å². The van der Waals surface area contributed by atoms with E-state index in [1.807, 2.05) is 38.2 Å². The Labute approximate surface area is 130 Å². The predicted octanol–water partition coefficient (Wildman–Crippen LogP) is 3.05. The van der Waals surface area contributed by atoms with Gasteiger partial charge in [0.25, 0.3) is 0 Å². The highest BCUT2D eigenvalue weighted by molar-refractivity contribution is 5.41. The zero-order valence-electron chi connectivity index (χ0n) is 12.9. The van der Waals surface area contributed by atoms with Gasteiger partial charge in [0, 0.05) is 18.0 Å². The summed E-state index contributed by atoms with van der Waals surface area (Å²) in [5.74, 6) is 2.16. The number of rotatable bonds is 4. The summed E-state index contributed by atoms with van der Waals surface area (Å²) >= 11 is 0. The van der Waals surface area contributed by atoms with Gasteiger partial charge in [-0.1, -0.05) is 18.2 Å². The summed E-state index contributed by atoms with van der Waals surface area (Å²) < 4.78 is 12.1. The Bertz CT molecular complexity index is 657. The van der Waals surface area contributed by atoms with Crippen molar-refractivity contribution >= 4 is 0 Å². The highest BCUT2D eigenvalue weighted by Gasteiger charge is 2.32. The number of phenolic OH excluding ortho intramolecular Hbond substituents is 1. The first-order chi connectivity index (χ1) is 10.7. The molecule has 4 heteroatoms. The van der Waals surface area contributed by atoms with E-state index in [9.17, 15) is 5.11 Å². The van der Waals surface area contributed by atoms with Gasteiger partial charge in [-0.2, -0.15) is 0 Å². The second-order valence-electron chi connectivity index (χ2n) is 5.65. The van der Waals surface area contributed by atoms with E-state index in [1.54, 1.807) is 12.1 Å². The van der Waals surface area contributed by atoms with Crippen molar-refractivity contribution in [3.63, 3.8) is 0 Å². The molecule has 4 nitrogen and oxygen atoms in total. The van der Waals surface area contributed by atoms with E-state index in [0.29, 0.717) is 6.61 Å². The van der Waals surface area contributed by atoms with Crippen molar-refractivity contribution < 1.29 is 14.6 Å². The monoisotopic (exact) mass is 299 g/mol. The molecule has 0 saturated heterocycles. The van der Waals surface area contributed by atoms with Crippen LogP contribution in [0.25, 0.3) is 0 Å². The lowest BCUT2D eigenvalue weighted by Crippen LogP contribution is -2.36. The maximum atomic E-state index is 9.55. The van der Waals surface area contributed by atoms with E-state index in [0.717, 1.165) is 29.2 Å². The van der Waals surface area contributed by atoms with Crippen LogP contribution >= 0.6 is 0 Å². The van der Waals surface area contributed by atoms with Crippen LogP contribution in [0.5, 0.6) is 17.2 Å². The van der Waals surface area contributed by atoms with E-state index >= 15 is 0 Å².